The van der Waals surface area contributed by atoms with Gasteiger partial charge in [-0.2, -0.15) is 18.3 Å². The number of nitrogens with two attached hydrogens (primary N) is 1. The molecule has 108 valence electrons. The lowest BCUT2D eigenvalue weighted by molar-refractivity contribution is -0.139. The maximum absolute atomic E-state index is 13.1. The second-order valence-corrected chi connectivity index (χ2v) is 5.44. The summed E-state index contributed by atoms with van der Waals surface area (Å²) in [6.45, 7) is 1.88. The first-order valence-corrected chi connectivity index (χ1v) is 6.71. The second-order valence-electron chi connectivity index (χ2n) is 4.38. The lowest BCUT2D eigenvalue weighted by atomic mass is 10.1. The second kappa shape index (κ2) is 5.49. The molecule has 0 aliphatic rings. The smallest absolute Gasteiger partial charge is 0.326 e. The molecule has 0 saturated heterocycles. The van der Waals surface area contributed by atoms with Crippen molar-refractivity contribution in [3.8, 4) is 0 Å². The fourth-order valence-corrected chi connectivity index (χ4v) is 2.86. The molecule has 2 N–H and O–H groups in total. The van der Waals surface area contributed by atoms with Crippen LogP contribution >= 0.6 is 11.8 Å². The van der Waals surface area contributed by atoms with Crippen molar-refractivity contribution < 1.29 is 13.2 Å². The molecule has 0 spiro atoms. The number of alkyl halides is 3. The van der Waals surface area contributed by atoms with Crippen LogP contribution in [0, 0.1) is 6.92 Å². The van der Waals surface area contributed by atoms with E-state index in [0.29, 0.717) is 10.6 Å². The van der Waals surface area contributed by atoms with Crippen molar-refractivity contribution in [3.63, 3.8) is 0 Å². The molecule has 7 heteroatoms. The molecular weight excluding hydrogens is 287 g/mol. The summed E-state index contributed by atoms with van der Waals surface area (Å²) in [5.41, 5.74) is 5.97. The van der Waals surface area contributed by atoms with Gasteiger partial charge in [0, 0.05) is 18.5 Å². The van der Waals surface area contributed by atoms with Crippen molar-refractivity contribution in [2.45, 2.75) is 29.6 Å². The maximum Gasteiger partial charge on any atom is 0.417 e. The summed E-state index contributed by atoms with van der Waals surface area (Å²) in [4.78, 5) is 0.151. The predicted molar refractivity (Wildman–Crippen MR) is 71.4 cm³/mol. The minimum absolute atomic E-state index is 0.0822. The Labute approximate surface area is 119 Å². The Kier molecular flexibility index (Phi) is 4.10. The van der Waals surface area contributed by atoms with Crippen LogP contribution < -0.4 is 5.73 Å². The van der Waals surface area contributed by atoms with Gasteiger partial charge < -0.3 is 5.73 Å². The molecule has 1 aromatic heterocycles. The van der Waals surface area contributed by atoms with Crippen LogP contribution in [0.4, 0.5) is 13.2 Å². The summed E-state index contributed by atoms with van der Waals surface area (Å²) in [5, 5.41) is 4.79. The van der Waals surface area contributed by atoms with Gasteiger partial charge in [0.15, 0.2) is 0 Å². The van der Waals surface area contributed by atoms with Crippen molar-refractivity contribution in [2.24, 2.45) is 12.8 Å². The van der Waals surface area contributed by atoms with Crippen LogP contribution in [0.3, 0.4) is 0 Å². The molecular formula is C13H14F3N3S. The number of nitrogens with zero attached hydrogens (tertiary/aromatic N) is 2. The zero-order chi connectivity index (χ0) is 14.9. The quantitative estimate of drug-likeness (QED) is 0.945. The van der Waals surface area contributed by atoms with Crippen LogP contribution in [0.1, 0.15) is 16.8 Å². The Morgan fingerprint density at radius 2 is 2.00 bits per heavy atom. The molecule has 0 bridgehead atoms. The van der Waals surface area contributed by atoms with E-state index >= 15 is 0 Å². The van der Waals surface area contributed by atoms with E-state index in [0.717, 1.165) is 23.5 Å². The molecule has 2 aromatic rings. The lowest BCUT2D eigenvalue weighted by Crippen LogP contribution is -2.09. The third kappa shape index (κ3) is 3.16. The molecule has 1 aromatic carbocycles. The normalized spacial score (nSPS) is 11.9. The average Bonchev–Trinajstić information content (AvgIpc) is 2.67. The van der Waals surface area contributed by atoms with Crippen molar-refractivity contribution in [2.75, 3.05) is 0 Å². The Morgan fingerprint density at radius 1 is 1.30 bits per heavy atom. The van der Waals surface area contributed by atoms with Crippen molar-refractivity contribution in [1.29, 1.82) is 0 Å². The van der Waals surface area contributed by atoms with Crippen molar-refractivity contribution in [1.82, 2.24) is 9.78 Å². The number of aryl methyl sites for hydroxylation is 2. The molecule has 20 heavy (non-hydrogen) atoms. The highest BCUT2D eigenvalue weighted by Crippen LogP contribution is 2.40. The van der Waals surface area contributed by atoms with Gasteiger partial charge in [-0.1, -0.05) is 17.8 Å². The molecule has 0 unspecified atom stereocenters. The first kappa shape index (κ1) is 14.9. The molecule has 0 radical (unpaired) electrons. The number of hydrogen-bond acceptors (Lipinski definition) is 3. The summed E-state index contributed by atoms with van der Waals surface area (Å²) >= 11 is 1.05. The Morgan fingerprint density at radius 3 is 2.50 bits per heavy atom. The van der Waals surface area contributed by atoms with Gasteiger partial charge in [0.1, 0.15) is 0 Å². The van der Waals surface area contributed by atoms with Gasteiger partial charge in [-0.05, 0) is 30.7 Å². The third-order valence-electron chi connectivity index (χ3n) is 2.76. The van der Waals surface area contributed by atoms with E-state index < -0.39 is 11.7 Å². The summed E-state index contributed by atoms with van der Waals surface area (Å²) in [5.74, 6) is 0. The fraction of sp³-hybridized carbons (Fsp3) is 0.308. The topological polar surface area (TPSA) is 43.8 Å². The molecule has 0 aliphatic carbocycles. The highest BCUT2D eigenvalue weighted by Gasteiger charge is 2.34. The number of rotatable bonds is 3. The van der Waals surface area contributed by atoms with Gasteiger partial charge in [-0.25, -0.2) is 0 Å². The van der Waals surface area contributed by atoms with E-state index in [1.807, 2.05) is 0 Å². The van der Waals surface area contributed by atoms with E-state index in [1.165, 1.54) is 6.07 Å². The fourth-order valence-electron chi connectivity index (χ4n) is 1.81. The Hall–Kier alpha value is -1.47. The van der Waals surface area contributed by atoms with Crippen LogP contribution in [-0.2, 0) is 19.8 Å². The zero-order valence-electron chi connectivity index (χ0n) is 11.0. The number of aromatic nitrogens is 2. The number of benzene rings is 1. The average molecular weight is 301 g/mol. The summed E-state index contributed by atoms with van der Waals surface area (Å²) < 4.78 is 40.9. The lowest BCUT2D eigenvalue weighted by Gasteiger charge is -2.13. The Balaban J connectivity index is 2.43. The highest BCUT2D eigenvalue weighted by molar-refractivity contribution is 7.99. The van der Waals surface area contributed by atoms with Crippen LogP contribution in [0.2, 0.25) is 0 Å². The van der Waals surface area contributed by atoms with E-state index in [1.54, 1.807) is 30.8 Å². The van der Waals surface area contributed by atoms with Crippen LogP contribution in [0.5, 0.6) is 0 Å². The molecule has 3 nitrogen and oxygen atoms in total. The van der Waals surface area contributed by atoms with Crippen molar-refractivity contribution in [3.05, 3.63) is 41.1 Å². The highest BCUT2D eigenvalue weighted by atomic mass is 32.2. The summed E-state index contributed by atoms with van der Waals surface area (Å²) in [6.07, 6.45) is -4.40. The Bertz CT molecular complexity index is 620. The summed E-state index contributed by atoms with van der Waals surface area (Å²) in [6, 6.07) is 5.92. The molecule has 0 fully saturated rings. The number of hydrogen-bond donors (Lipinski definition) is 1. The van der Waals surface area contributed by atoms with Gasteiger partial charge in [0.25, 0.3) is 0 Å². The SMILES string of the molecule is Cc1cc(Sc2ccc(CN)cc2C(F)(F)F)n(C)n1. The molecule has 0 atom stereocenters. The van der Waals surface area contributed by atoms with Crippen molar-refractivity contribution >= 4 is 11.8 Å². The van der Waals surface area contributed by atoms with Gasteiger partial charge in [0.2, 0.25) is 0 Å². The minimum atomic E-state index is -4.40. The van der Waals surface area contributed by atoms with E-state index in [2.05, 4.69) is 5.10 Å². The molecule has 0 aliphatic heterocycles. The third-order valence-corrected chi connectivity index (χ3v) is 3.93. The molecule has 0 saturated carbocycles. The zero-order valence-corrected chi connectivity index (χ0v) is 11.8. The molecule has 2 rings (SSSR count). The molecule has 1 heterocycles. The first-order valence-electron chi connectivity index (χ1n) is 5.90. The largest absolute Gasteiger partial charge is 0.417 e. The minimum Gasteiger partial charge on any atom is -0.326 e. The summed E-state index contributed by atoms with van der Waals surface area (Å²) in [7, 11) is 1.71. The van der Waals surface area contributed by atoms with E-state index in [9.17, 15) is 13.2 Å². The standard InChI is InChI=1S/C13H14F3N3S/c1-8-5-12(19(2)18-8)20-11-4-3-9(7-17)6-10(11)13(14,15)16/h3-6H,7,17H2,1-2H3. The monoisotopic (exact) mass is 301 g/mol. The number of halogens is 3. The van der Waals surface area contributed by atoms with Gasteiger partial charge in [-0.3, -0.25) is 4.68 Å². The van der Waals surface area contributed by atoms with Crippen LogP contribution in [-0.4, -0.2) is 9.78 Å². The van der Waals surface area contributed by atoms with Crippen LogP contribution in [0.25, 0.3) is 0 Å². The van der Waals surface area contributed by atoms with Crippen LogP contribution in [0.15, 0.2) is 34.2 Å². The molecule has 0 amide bonds. The van der Waals surface area contributed by atoms with Gasteiger partial charge >= 0.3 is 6.18 Å². The predicted octanol–water partition coefficient (Wildman–Crippen LogP) is 3.36. The maximum atomic E-state index is 13.1. The van der Waals surface area contributed by atoms with E-state index in [-0.39, 0.29) is 11.4 Å². The van der Waals surface area contributed by atoms with Gasteiger partial charge in [0.05, 0.1) is 16.3 Å². The van der Waals surface area contributed by atoms with E-state index in [4.69, 9.17) is 5.73 Å². The van der Waals surface area contributed by atoms with Gasteiger partial charge in [-0.15, -0.1) is 0 Å². The first-order chi connectivity index (χ1) is 9.31.